The molecule has 2 heterocycles. The summed E-state index contributed by atoms with van der Waals surface area (Å²) in [5.41, 5.74) is 1.78. The van der Waals surface area contributed by atoms with Gasteiger partial charge in [-0.2, -0.15) is 13.2 Å². The lowest BCUT2D eigenvalue weighted by atomic mass is 10.2. The van der Waals surface area contributed by atoms with Gasteiger partial charge < -0.3 is 19.5 Å². The Hall–Kier alpha value is -3.28. The summed E-state index contributed by atoms with van der Waals surface area (Å²) < 4.78 is 43.9. The minimum atomic E-state index is -4.91. The van der Waals surface area contributed by atoms with Gasteiger partial charge in [0.25, 0.3) is 5.91 Å². The molecule has 1 aliphatic heterocycles. The maximum Gasteiger partial charge on any atom is 0.471 e. The zero-order chi connectivity index (χ0) is 26.7. The largest absolute Gasteiger partial charge is 0.471 e. The van der Waals surface area contributed by atoms with E-state index in [0.717, 1.165) is 10.5 Å². The van der Waals surface area contributed by atoms with E-state index in [9.17, 15) is 22.8 Å². The molecule has 1 aliphatic rings. The summed E-state index contributed by atoms with van der Waals surface area (Å²) in [4.78, 5) is 26.7. The maximum absolute atomic E-state index is 12.7. The van der Waals surface area contributed by atoms with E-state index in [2.05, 4.69) is 10.6 Å². The number of hydrogen-bond acceptors (Lipinski definition) is 5. The molecule has 1 aromatic heterocycles. The Kier molecular flexibility index (Phi) is 7.96. The summed E-state index contributed by atoms with van der Waals surface area (Å²) in [6.07, 6.45) is -4.91. The lowest BCUT2D eigenvalue weighted by molar-refractivity contribution is -0.185. The quantitative estimate of drug-likeness (QED) is 0.398. The Morgan fingerprint density at radius 2 is 1.57 bits per heavy atom. The molecule has 37 heavy (non-hydrogen) atoms. The van der Waals surface area contributed by atoms with E-state index >= 15 is 0 Å². The summed E-state index contributed by atoms with van der Waals surface area (Å²) in [5, 5.41) is 6.36. The average Bonchev–Trinajstić information content (AvgIpc) is 3.34. The molecule has 7 nitrogen and oxygen atoms in total. The zero-order valence-corrected chi connectivity index (χ0v) is 21.3. The number of benzene rings is 2. The van der Waals surface area contributed by atoms with Gasteiger partial charge in [-0.3, -0.25) is 14.9 Å². The van der Waals surface area contributed by atoms with Gasteiger partial charge in [0, 0.05) is 41.8 Å². The molecule has 2 aromatic carbocycles. The Labute approximate surface area is 225 Å². The van der Waals surface area contributed by atoms with Crippen molar-refractivity contribution in [3.05, 3.63) is 70.4 Å². The van der Waals surface area contributed by atoms with Crippen molar-refractivity contribution in [2.24, 2.45) is 0 Å². The first-order valence-electron chi connectivity index (χ1n) is 10.9. The van der Waals surface area contributed by atoms with Crippen LogP contribution in [-0.4, -0.2) is 54.2 Å². The van der Waals surface area contributed by atoms with Gasteiger partial charge in [-0.1, -0.05) is 23.2 Å². The summed E-state index contributed by atoms with van der Waals surface area (Å²) in [7, 11) is 0. The highest BCUT2D eigenvalue weighted by molar-refractivity contribution is 7.80. The van der Waals surface area contributed by atoms with Crippen molar-refractivity contribution < 1.29 is 27.2 Å². The number of alkyl halides is 3. The molecule has 0 radical (unpaired) electrons. The van der Waals surface area contributed by atoms with Crippen molar-refractivity contribution in [2.75, 3.05) is 36.4 Å². The number of amides is 2. The van der Waals surface area contributed by atoms with E-state index in [-0.39, 0.29) is 37.1 Å². The molecule has 4 rings (SSSR count). The van der Waals surface area contributed by atoms with Crippen LogP contribution in [0.5, 0.6) is 0 Å². The van der Waals surface area contributed by atoms with Gasteiger partial charge in [0.05, 0.1) is 11.4 Å². The fraction of sp³-hybridized carbons (Fsp3) is 0.208. The molecule has 1 fully saturated rings. The molecule has 1 saturated heterocycles. The number of furan rings is 1. The number of piperazine rings is 1. The van der Waals surface area contributed by atoms with Crippen molar-refractivity contribution in [1.82, 2.24) is 10.2 Å². The molecule has 0 bridgehead atoms. The van der Waals surface area contributed by atoms with Gasteiger partial charge in [0.15, 0.2) is 10.9 Å². The normalized spacial score (nSPS) is 13.9. The number of hydrogen-bond donors (Lipinski definition) is 2. The molecule has 2 N–H and O–H groups in total. The molecule has 2 amide bonds. The number of anilines is 2. The minimum Gasteiger partial charge on any atom is -0.451 e. The monoisotopic (exact) mass is 570 g/mol. The summed E-state index contributed by atoms with van der Waals surface area (Å²) in [6, 6.07) is 15.0. The van der Waals surface area contributed by atoms with Crippen molar-refractivity contribution in [3.8, 4) is 11.3 Å². The number of nitrogens with zero attached hydrogens (tertiary/aromatic N) is 2. The highest BCUT2D eigenvalue weighted by atomic mass is 35.5. The van der Waals surface area contributed by atoms with E-state index in [4.69, 9.17) is 39.8 Å². The Morgan fingerprint density at radius 1 is 0.919 bits per heavy atom. The smallest absolute Gasteiger partial charge is 0.451 e. The Balaban J connectivity index is 1.41. The third-order valence-electron chi connectivity index (χ3n) is 5.54. The van der Waals surface area contributed by atoms with Gasteiger partial charge in [0.2, 0.25) is 0 Å². The van der Waals surface area contributed by atoms with Crippen LogP contribution in [-0.2, 0) is 4.79 Å². The van der Waals surface area contributed by atoms with Gasteiger partial charge in [0.1, 0.15) is 5.76 Å². The van der Waals surface area contributed by atoms with Crippen molar-refractivity contribution in [1.29, 1.82) is 0 Å². The van der Waals surface area contributed by atoms with Crippen LogP contribution in [0.25, 0.3) is 11.3 Å². The first-order valence-corrected chi connectivity index (χ1v) is 12.1. The van der Waals surface area contributed by atoms with Gasteiger partial charge in [-0.25, -0.2) is 0 Å². The number of rotatable bonds is 4. The molecule has 0 aliphatic carbocycles. The lowest BCUT2D eigenvalue weighted by Gasteiger charge is -2.37. The molecule has 0 unspecified atom stereocenters. The molecular formula is C24H19Cl2F3N4O3S. The van der Waals surface area contributed by atoms with Crippen LogP contribution in [0, 0.1) is 0 Å². The fourth-order valence-electron chi connectivity index (χ4n) is 3.76. The predicted octanol–water partition coefficient (Wildman–Crippen LogP) is 5.59. The van der Waals surface area contributed by atoms with Gasteiger partial charge in [-0.15, -0.1) is 0 Å². The molecular weight excluding hydrogens is 552 g/mol. The standard InChI is InChI=1S/C24H19Cl2F3N4O3S/c25-15-3-1-14(2-4-15)19-7-8-20(36-19)21(34)31-23(37)30-17-13-16(26)5-6-18(17)32-9-11-33(12-10-32)22(35)24(27,28)29/h1-8,13H,9-12H2,(H2,30,31,34,37). The highest BCUT2D eigenvalue weighted by Gasteiger charge is 2.43. The molecule has 0 atom stereocenters. The molecule has 3 aromatic rings. The van der Waals surface area contributed by atoms with Crippen LogP contribution in [0.4, 0.5) is 24.5 Å². The molecule has 194 valence electrons. The number of nitrogens with one attached hydrogen (secondary N) is 2. The average molecular weight is 571 g/mol. The van der Waals surface area contributed by atoms with E-state index in [0.29, 0.717) is 27.2 Å². The minimum absolute atomic E-state index is 0.0332. The first-order chi connectivity index (χ1) is 17.5. The number of carbonyl (C=O) groups excluding carboxylic acids is 2. The van der Waals surface area contributed by atoms with Crippen LogP contribution in [0.15, 0.2) is 59.0 Å². The maximum atomic E-state index is 12.7. The zero-order valence-electron chi connectivity index (χ0n) is 18.9. The Bertz CT molecular complexity index is 1320. The number of thiocarbonyl (C=S) groups is 1. The second kappa shape index (κ2) is 11.0. The van der Waals surface area contributed by atoms with E-state index in [1.54, 1.807) is 53.4 Å². The highest BCUT2D eigenvalue weighted by Crippen LogP contribution is 2.31. The van der Waals surface area contributed by atoms with Crippen molar-refractivity contribution in [3.63, 3.8) is 0 Å². The summed E-state index contributed by atoms with van der Waals surface area (Å²) >= 11 is 17.3. The van der Waals surface area contributed by atoms with E-state index in [1.165, 1.54) is 6.07 Å². The van der Waals surface area contributed by atoms with Crippen LogP contribution >= 0.6 is 35.4 Å². The van der Waals surface area contributed by atoms with Crippen LogP contribution in [0.2, 0.25) is 10.0 Å². The summed E-state index contributed by atoms with van der Waals surface area (Å²) in [5.74, 6) is -1.94. The van der Waals surface area contributed by atoms with Gasteiger partial charge in [-0.05, 0) is 66.8 Å². The van der Waals surface area contributed by atoms with E-state index in [1.807, 2.05) is 0 Å². The SMILES string of the molecule is O=C(NC(=S)Nc1cc(Cl)ccc1N1CCN(C(=O)C(F)(F)F)CC1)c1ccc(-c2ccc(Cl)cc2)o1. The third kappa shape index (κ3) is 6.54. The fourth-order valence-corrected chi connectivity index (χ4v) is 4.26. The van der Waals surface area contributed by atoms with Crippen LogP contribution in [0.3, 0.4) is 0 Å². The van der Waals surface area contributed by atoms with E-state index < -0.39 is 18.0 Å². The second-order valence-electron chi connectivity index (χ2n) is 8.02. The molecule has 0 saturated carbocycles. The summed E-state index contributed by atoms with van der Waals surface area (Å²) in [6.45, 7) is 0.125. The second-order valence-corrected chi connectivity index (χ2v) is 9.30. The van der Waals surface area contributed by atoms with Crippen LogP contribution < -0.4 is 15.5 Å². The third-order valence-corrected chi connectivity index (χ3v) is 6.23. The number of carbonyl (C=O) groups is 2. The Morgan fingerprint density at radius 3 is 2.22 bits per heavy atom. The molecule has 0 spiro atoms. The first kappa shape index (κ1) is 26.8. The van der Waals surface area contributed by atoms with Crippen molar-refractivity contribution in [2.45, 2.75) is 6.18 Å². The molecule has 13 heteroatoms. The van der Waals surface area contributed by atoms with Gasteiger partial charge >= 0.3 is 12.1 Å². The lowest BCUT2D eigenvalue weighted by Crippen LogP contribution is -2.52. The number of halogens is 5. The topological polar surface area (TPSA) is 77.8 Å². The van der Waals surface area contributed by atoms with Crippen LogP contribution in [0.1, 0.15) is 10.6 Å². The van der Waals surface area contributed by atoms with Crippen molar-refractivity contribution >= 4 is 63.7 Å². The predicted molar refractivity (Wildman–Crippen MR) is 139 cm³/mol.